The molecule has 94 valence electrons. The van der Waals surface area contributed by atoms with E-state index >= 15 is 0 Å². The van der Waals surface area contributed by atoms with Gasteiger partial charge in [0.2, 0.25) is 10.0 Å². The summed E-state index contributed by atoms with van der Waals surface area (Å²) >= 11 is 5.10. The van der Waals surface area contributed by atoms with Crippen LogP contribution < -0.4 is 15.4 Å². The molecule has 0 saturated heterocycles. The van der Waals surface area contributed by atoms with E-state index in [1.165, 1.54) is 25.7 Å². The van der Waals surface area contributed by atoms with Crippen LogP contribution in [0.2, 0.25) is 0 Å². The summed E-state index contributed by atoms with van der Waals surface area (Å²) in [4.78, 5) is 0. The molecular formula is C9H19N3O2S2. The summed E-state index contributed by atoms with van der Waals surface area (Å²) in [6.07, 6.45) is 6.00. The van der Waals surface area contributed by atoms with Gasteiger partial charge >= 0.3 is 0 Å². The highest BCUT2D eigenvalue weighted by molar-refractivity contribution is 7.88. The monoisotopic (exact) mass is 265 g/mol. The van der Waals surface area contributed by atoms with Gasteiger partial charge in [0, 0.05) is 19.1 Å². The zero-order chi connectivity index (χ0) is 12.0. The summed E-state index contributed by atoms with van der Waals surface area (Å²) in [5.74, 6) is 0. The number of rotatable bonds is 5. The lowest BCUT2D eigenvalue weighted by molar-refractivity contribution is 0.585. The van der Waals surface area contributed by atoms with Crippen molar-refractivity contribution in [3.05, 3.63) is 0 Å². The van der Waals surface area contributed by atoms with Gasteiger partial charge < -0.3 is 10.6 Å². The molecule has 0 spiro atoms. The van der Waals surface area contributed by atoms with Crippen LogP contribution >= 0.6 is 12.2 Å². The highest BCUT2D eigenvalue weighted by atomic mass is 32.2. The normalized spacial score (nSPS) is 17.3. The van der Waals surface area contributed by atoms with Crippen LogP contribution in [0.4, 0.5) is 0 Å². The number of sulfonamides is 1. The van der Waals surface area contributed by atoms with E-state index in [0.717, 1.165) is 6.26 Å². The zero-order valence-electron chi connectivity index (χ0n) is 9.45. The van der Waals surface area contributed by atoms with Gasteiger partial charge in [-0.25, -0.2) is 13.1 Å². The molecule has 0 aliphatic heterocycles. The van der Waals surface area contributed by atoms with Gasteiger partial charge in [-0.15, -0.1) is 0 Å². The summed E-state index contributed by atoms with van der Waals surface area (Å²) < 4.78 is 23.9. The van der Waals surface area contributed by atoms with Crippen molar-refractivity contribution in [2.45, 2.75) is 31.7 Å². The molecule has 1 aliphatic carbocycles. The first-order chi connectivity index (χ1) is 7.47. The minimum absolute atomic E-state index is 0.352. The third-order valence-electron chi connectivity index (χ3n) is 2.47. The lowest BCUT2D eigenvalue weighted by Gasteiger charge is -2.15. The second-order valence-electron chi connectivity index (χ2n) is 4.05. The third-order valence-corrected chi connectivity index (χ3v) is 3.46. The van der Waals surface area contributed by atoms with Gasteiger partial charge in [0.1, 0.15) is 0 Å². The van der Waals surface area contributed by atoms with Crippen LogP contribution in [0, 0.1) is 0 Å². The van der Waals surface area contributed by atoms with E-state index in [-0.39, 0.29) is 0 Å². The Balaban J connectivity index is 2.06. The van der Waals surface area contributed by atoms with Gasteiger partial charge in [0.15, 0.2) is 5.11 Å². The Bertz CT molecular complexity index is 324. The fourth-order valence-electron chi connectivity index (χ4n) is 1.72. The Morgan fingerprint density at radius 1 is 1.31 bits per heavy atom. The van der Waals surface area contributed by atoms with E-state index in [4.69, 9.17) is 12.2 Å². The quantitative estimate of drug-likeness (QED) is 0.480. The second-order valence-corrected chi connectivity index (χ2v) is 6.29. The van der Waals surface area contributed by atoms with Gasteiger partial charge in [-0.1, -0.05) is 12.8 Å². The van der Waals surface area contributed by atoms with Gasteiger partial charge in [0.05, 0.1) is 6.26 Å². The summed E-state index contributed by atoms with van der Waals surface area (Å²) in [6, 6.07) is 0.489. The van der Waals surface area contributed by atoms with E-state index in [1.54, 1.807) is 0 Å². The van der Waals surface area contributed by atoms with Gasteiger partial charge in [-0.05, 0) is 25.1 Å². The standard InChI is InChI=1S/C9H19N3O2S2/c1-16(13,14)11-7-6-10-9(15)12-8-4-2-3-5-8/h8,11H,2-7H2,1H3,(H2,10,12,15). The largest absolute Gasteiger partial charge is 0.361 e. The van der Waals surface area contributed by atoms with Crippen LogP contribution in [0.3, 0.4) is 0 Å². The first kappa shape index (κ1) is 13.7. The maximum Gasteiger partial charge on any atom is 0.208 e. The lowest BCUT2D eigenvalue weighted by atomic mass is 10.3. The van der Waals surface area contributed by atoms with E-state index in [0.29, 0.717) is 24.2 Å². The third kappa shape index (κ3) is 6.24. The number of hydrogen-bond acceptors (Lipinski definition) is 3. The number of thiocarbonyl (C=S) groups is 1. The van der Waals surface area contributed by atoms with Gasteiger partial charge in [-0.2, -0.15) is 0 Å². The Hall–Kier alpha value is -0.400. The SMILES string of the molecule is CS(=O)(=O)NCCNC(=S)NC1CCCC1. The summed E-state index contributed by atoms with van der Waals surface area (Å²) in [7, 11) is -3.10. The fraction of sp³-hybridized carbons (Fsp3) is 0.889. The van der Waals surface area contributed by atoms with Crippen LogP contribution in [-0.2, 0) is 10.0 Å². The van der Waals surface area contributed by atoms with Crippen molar-refractivity contribution in [3.63, 3.8) is 0 Å². The first-order valence-corrected chi connectivity index (χ1v) is 7.76. The molecule has 1 aliphatic rings. The van der Waals surface area contributed by atoms with Crippen molar-refractivity contribution in [2.75, 3.05) is 19.3 Å². The highest BCUT2D eigenvalue weighted by Crippen LogP contribution is 2.17. The smallest absolute Gasteiger partial charge is 0.208 e. The lowest BCUT2D eigenvalue weighted by Crippen LogP contribution is -2.43. The molecule has 0 amide bonds. The van der Waals surface area contributed by atoms with Crippen molar-refractivity contribution >= 4 is 27.4 Å². The predicted octanol–water partition coefficient (Wildman–Crippen LogP) is -0.0577. The Kier molecular flexibility index (Phi) is 5.43. The average molecular weight is 265 g/mol. The Labute approximate surface area is 102 Å². The molecule has 5 nitrogen and oxygen atoms in total. The van der Waals surface area contributed by atoms with Crippen molar-refractivity contribution in [2.24, 2.45) is 0 Å². The summed E-state index contributed by atoms with van der Waals surface area (Å²) in [5, 5.41) is 6.81. The molecule has 0 aromatic rings. The van der Waals surface area contributed by atoms with Crippen LogP contribution in [0.25, 0.3) is 0 Å². The highest BCUT2D eigenvalue weighted by Gasteiger charge is 2.14. The van der Waals surface area contributed by atoms with Crippen molar-refractivity contribution in [1.29, 1.82) is 0 Å². The van der Waals surface area contributed by atoms with Crippen LogP contribution in [0.15, 0.2) is 0 Å². The molecule has 0 heterocycles. The fourth-order valence-corrected chi connectivity index (χ4v) is 2.46. The Morgan fingerprint density at radius 2 is 1.94 bits per heavy atom. The van der Waals surface area contributed by atoms with Crippen LogP contribution in [0.5, 0.6) is 0 Å². The van der Waals surface area contributed by atoms with E-state index < -0.39 is 10.0 Å². The maximum absolute atomic E-state index is 10.8. The predicted molar refractivity (Wildman–Crippen MR) is 68.8 cm³/mol. The molecule has 0 bridgehead atoms. The van der Waals surface area contributed by atoms with Crippen molar-refractivity contribution < 1.29 is 8.42 Å². The molecule has 0 aromatic carbocycles. The number of nitrogens with one attached hydrogen (secondary N) is 3. The molecule has 16 heavy (non-hydrogen) atoms. The van der Waals surface area contributed by atoms with Crippen molar-refractivity contribution in [3.8, 4) is 0 Å². The molecule has 1 rings (SSSR count). The van der Waals surface area contributed by atoms with Gasteiger partial charge in [0.25, 0.3) is 0 Å². The first-order valence-electron chi connectivity index (χ1n) is 5.46. The molecule has 1 saturated carbocycles. The van der Waals surface area contributed by atoms with Crippen molar-refractivity contribution in [1.82, 2.24) is 15.4 Å². The molecule has 0 radical (unpaired) electrons. The molecule has 0 unspecified atom stereocenters. The van der Waals surface area contributed by atoms with Gasteiger partial charge in [-0.3, -0.25) is 0 Å². The molecule has 3 N–H and O–H groups in total. The maximum atomic E-state index is 10.8. The van der Waals surface area contributed by atoms with E-state index in [9.17, 15) is 8.42 Å². The molecular weight excluding hydrogens is 246 g/mol. The van der Waals surface area contributed by atoms with Crippen LogP contribution in [-0.4, -0.2) is 38.9 Å². The molecule has 7 heteroatoms. The summed E-state index contributed by atoms with van der Waals surface area (Å²) in [5.41, 5.74) is 0. The summed E-state index contributed by atoms with van der Waals surface area (Å²) in [6.45, 7) is 0.858. The van der Waals surface area contributed by atoms with E-state index in [1.807, 2.05) is 0 Å². The minimum Gasteiger partial charge on any atom is -0.361 e. The number of hydrogen-bond donors (Lipinski definition) is 3. The van der Waals surface area contributed by atoms with Crippen LogP contribution in [0.1, 0.15) is 25.7 Å². The topological polar surface area (TPSA) is 70.2 Å². The minimum atomic E-state index is -3.10. The average Bonchev–Trinajstić information content (AvgIpc) is 2.63. The molecule has 0 aromatic heterocycles. The molecule has 1 fully saturated rings. The molecule has 0 atom stereocenters. The Morgan fingerprint density at radius 3 is 2.50 bits per heavy atom. The van der Waals surface area contributed by atoms with E-state index in [2.05, 4.69) is 15.4 Å². The zero-order valence-corrected chi connectivity index (χ0v) is 11.1. The second kappa shape index (κ2) is 6.36.